The molecule has 6 nitrogen and oxygen atoms in total. The summed E-state index contributed by atoms with van der Waals surface area (Å²) in [5.41, 5.74) is 1.72. The third-order valence-corrected chi connectivity index (χ3v) is 5.14. The molecule has 144 valence electrons. The SMILES string of the molecule is CC(C)[C@H]1CN(CC(=O)O)C[C@@H]1NC(=O)c1ccc2c(c1)CCCO2.Cl. The molecule has 0 radical (unpaired) electrons. The zero-order valence-corrected chi connectivity index (χ0v) is 16.1. The maximum Gasteiger partial charge on any atom is 0.317 e. The molecule has 2 N–H and O–H groups in total. The Balaban J connectivity index is 0.00000243. The number of carboxylic acid groups (broad SMARTS) is 1. The van der Waals surface area contributed by atoms with Crippen molar-refractivity contribution in [2.24, 2.45) is 11.8 Å². The first-order chi connectivity index (χ1) is 11.9. The predicted octanol–water partition coefficient (Wildman–Crippen LogP) is 2.20. The van der Waals surface area contributed by atoms with E-state index in [1.807, 2.05) is 17.0 Å². The van der Waals surface area contributed by atoms with Crippen LogP contribution in [0.3, 0.4) is 0 Å². The number of fused-ring (bicyclic) bond motifs is 1. The smallest absolute Gasteiger partial charge is 0.317 e. The molecule has 1 saturated heterocycles. The topological polar surface area (TPSA) is 78.9 Å². The minimum absolute atomic E-state index is 0. The van der Waals surface area contributed by atoms with Crippen LogP contribution in [0.2, 0.25) is 0 Å². The summed E-state index contributed by atoms with van der Waals surface area (Å²) in [6.07, 6.45) is 1.90. The summed E-state index contributed by atoms with van der Waals surface area (Å²) < 4.78 is 5.60. The molecular formula is C19H27ClN2O4. The Morgan fingerprint density at radius 1 is 1.35 bits per heavy atom. The monoisotopic (exact) mass is 382 g/mol. The van der Waals surface area contributed by atoms with Gasteiger partial charge in [0.15, 0.2) is 0 Å². The number of likely N-dealkylation sites (tertiary alicyclic amines) is 1. The van der Waals surface area contributed by atoms with Crippen molar-refractivity contribution in [3.8, 4) is 5.75 Å². The van der Waals surface area contributed by atoms with Gasteiger partial charge in [0.1, 0.15) is 5.75 Å². The van der Waals surface area contributed by atoms with Crippen molar-refractivity contribution >= 4 is 24.3 Å². The van der Waals surface area contributed by atoms with E-state index in [0.717, 1.165) is 30.8 Å². The number of aryl methyl sites for hydroxylation is 1. The highest BCUT2D eigenvalue weighted by Gasteiger charge is 2.36. The zero-order chi connectivity index (χ0) is 18.0. The fourth-order valence-corrected chi connectivity index (χ4v) is 3.82. The standard InChI is InChI=1S/C19H26N2O4.ClH/c1-12(2)15-9-21(11-18(22)23)10-16(15)20-19(24)14-5-6-17-13(8-14)4-3-7-25-17;/h5-6,8,12,15-16H,3-4,7,9-11H2,1-2H3,(H,20,24)(H,22,23);1H/t15-,16+;/m1./s1. The number of benzene rings is 1. The molecule has 2 aliphatic heterocycles. The van der Waals surface area contributed by atoms with Gasteiger partial charge in [0.25, 0.3) is 5.91 Å². The number of carboxylic acids is 1. The second kappa shape index (κ2) is 8.73. The minimum atomic E-state index is -0.829. The Hall–Kier alpha value is -1.79. The molecule has 26 heavy (non-hydrogen) atoms. The summed E-state index contributed by atoms with van der Waals surface area (Å²) >= 11 is 0. The van der Waals surface area contributed by atoms with Crippen LogP contribution in [-0.4, -0.2) is 54.2 Å². The van der Waals surface area contributed by atoms with Gasteiger partial charge in [0, 0.05) is 24.7 Å². The van der Waals surface area contributed by atoms with Gasteiger partial charge < -0.3 is 15.2 Å². The lowest BCUT2D eigenvalue weighted by atomic mass is 9.91. The predicted molar refractivity (Wildman–Crippen MR) is 101 cm³/mol. The van der Waals surface area contributed by atoms with Crippen LogP contribution in [-0.2, 0) is 11.2 Å². The molecule has 0 aliphatic carbocycles. The van der Waals surface area contributed by atoms with E-state index in [0.29, 0.717) is 24.6 Å². The second-order valence-corrected chi connectivity index (χ2v) is 7.35. The molecule has 2 aliphatic rings. The molecule has 1 amide bonds. The van der Waals surface area contributed by atoms with Crippen molar-refractivity contribution in [1.82, 2.24) is 10.2 Å². The first-order valence-electron chi connectivity index (χ1n) is 8.95. The van der Waals surface area contributed by atoms with Crippen LogP contribution < -0.4 is 10.1 Å². The van der Waals surface area contributed by atoms with Crippen LogP contribution in [0, 0.1) is 11.8 Å². The highest BCUT2D eigenvalue weighted by Crippen LogP contribution is 2.27. The average Bonchev–Trinajstić information content (AvgIpc) is 2.96. The van der Waals surface area contributed by atoms with Gasteiger partial charge in [-0.3, -0.25) is 14.5 Å². The van der Waals surface area contributed by atoms with E-state index >= 15 is 0 Å². The van der Waals surface area contributed by atoms with Gasteiger partial charge in [0.05, 0.1) is 13.2 Å². The number of ether oxygens (including phenoxy) is 1. The highest BCUT2D eigenvalue weighted by atomic mass is 35.5. The second-order valence-electron chi connectivity index (χ2n) is 7.35. The largest absolute Gasteiger partial charge is 0.493 e. The average molecular weight is 383 g/mol. The lowest BCUT2D eigenvalue weighted by Crippen LogP contribution is -2.42. The molecule has 7 heteroatoms. The van der Waals surface area contributed by atoms with Crippen LogP contribution in [0.25, 0.3) is 0 Å². The Labute approximate surface area is 160 Å². The molecule has 2 atom stereocenters. The maximum atomic E-state index is 12.7. The molecule has 0 spiro atoms. The maximum absolute atomic E-state index is 12.7. The third-order valence-electron chi connectivity index (χ3n) is 5.14. The Kier molecular flexibility index (Phi) is 6.89. The van der Waals surface area contributed by atoms with Gasteiger partial charge in [-0.25, -0.2) is 0 Å². The number of aliphatic carboxylic acids is 1. The summed E-state index contributed by atoms with van der Waals surface area (Å²) in [5, 5.41) is 12.1. The first kappa shape index (κ1) is 20.5. The van der Waals surface area contributed by atoms with Crippen molar-refractivity contribution in [2.75, 3.05) is 26.2 Å². The summed E-state index contributed by atoms with van der Waals surface area (Å²) in [4.78, 5) is 25.6. The van der Waals surface area contributed by atoms with E-state index in [-0.39, 0.29) is 36.8 Å². The molecule has 0 bridgehead atoms. The van der Waals surface area contributed by atoms with Crippen LogP contribution in [0.4, 0.5) is 0 Å². The molecule has 0 aromatic heterocycles. The molecule has 1 aromatic rings. The number of carbonyl (C=O) groups excluding carboxylic acids is 1. The summed E-state index contributed by atoms with van der Waals surface area (Å²) in [7, 11) is 0. The Bertz CT molecular complexity index is 665. The number of amides is 1. The van der Waals surface area contributed by atoms with Crippen LogP contribution >= 0.6 is 12.4 Å². The molecule has 2 heterocycles. The van der Waals surface area contributed by atoms with Gasteiger partial charge in [-0.1, -0.05) is 13.8 Å². The number of hydrogen-bond acceptors (Lipinski definition) is 4. The first-order valence-corrected chi connectivity index (χ1v) is 8.95. The number of halogens is 1. The van der Waals surface area contributed by atoms with Gasteiger partial charge >= 0.3 is 5.97 Å². The molecule has 0 unspecified atom stereocenters. The van der Waals surface area contributed by atoms with E-state index < -0.39 is 5.97 Å². The highest BCUT2D eigenvalue weighted by molar-refractivity contribution is 5.94. The zero-order valence-electron chi connectivity index (χ0n) is 15.2. The summed E-state index contributed by atoms with van der Waals surface area (Å²) in [5.74, 6) is 0.576. The summed E-state index contributed by atoms with van der Waals surface area (Å²) in [6.45, 7) is 6.26. The normalized spacial score (nSPS) is 22.3. The number of rotatable bonds is 5. The van der Waals surface area contributed by atoms with E-state index in [4.69, 9.17) is 9.84 Å². The lowest BCUT2D eigenvalue weighted by molar-refractivity contribution is -0.138. The Morgan fingerprint density at radius 3 is 2.81 bits per heavy atom. The molecular weight excluding hydrogens is 356 g/mol. The Morgan fingerprint density at radius 2 is 2.12 bits per heavy atom. The number of carbonyl (C=O) groups is 2. The van der Waals surface area contributed by atoms with E-state index in [2.05, 4.69) is 19.2 Å². The molecule has 0 saturated carbocycles. The number of nitrogens with zero attached hydrogens (tertiary/aromatic N) is 1. The van der Waals surface area contributed by atoms with Gasteiger partial charge in [-0.15, -0.1) is 12.4 Å². The van der Waals surface area contributed by atoms with Gasteiger partial charge in [-0.05, 0) is 48.4 Å². The lowest BCUT2D eigenvalue weighted by Gasteiger charge is -2.23. The van der Waals surface area contributed by atoms with Crippen molar-refractivity contribution in [3.05, 3.63) is 29.3 Å². The molecule has 3 rings (SSSR count). The van der Waals surface area contributed by atoms with Crippen molar-refractivity contribution in [3.63, 3.8) is 0 Å². The third kappa shape index (κ3) is 4.68. The van der Waals surface area contributed by atoms with Gasteiger partial charge in [-0.2, -0.15) is 0 Å². The van der Waals surface area contributed by atoms with Crippen molar-refractivity contribution < 1.29 is 19.4 Å². The number of hydrogen-bond donors (Lipinski definition) is 2. The van der Waals surface area contributed by atoms with Crippen molar-refractivity contribution in [2.45, 2.75) is 32.7 Å². The van der Waals surface area contributed by atoms with E-state index in [1.54, 1.807) is 6.07 Å². The molecule has 1 aromatic carbocycles. The fraction of sp³-hybridized carbons (Fsp3) is 0.579. The van der Waals surface area contributed by atoms with Crippen LogP contribution in [0.15, 0.2) is 18.2 Å². The quantitative estimate of drug-likeness (QED) is 0.816. The minimum Gasteiger partial charge on any atom is -0.493 e. The summed E-state index contributed by atoms with van der Waals surface area (Å²) in [6, 6.07) is 5.56. The fourth-order valence-electron chi connectivity index (χ4n) is 3.82. The van der Waals surface area contributed by atoms with E-state index in [9.17, 15) is 9.59 Å². The van der Waals surface area contributed by atoms with Gasteiger partial charge in [0.2, 0.25) is 0 Å². The van der Waals surface area contributed by atoms with Crippen LogP contribution in [0.1, 0.15) is 36.2 Å². The van der Waals surface area contributed by atoms with Crippen LogP contribution in [0.5, 0.6) is 5.75 Å². The van der Waals surface area contributed by atoms with Crippen molar-refractivity contribution in [1.29, 1.82) is 0 Å². The van der Waals surface area contributed by atoms with E-state index in [1.165, 1.54) is 0 Å². The number of nitrogens with one attached hydrogen (secondary N) is 1. The molecule has 1 fully saturated rings.